The molecule has 0 unspecified atom stereocenters. The minimum absolute atomic E-state index is 0.191. The molecule has 0 aliphatic heterocycles. The van der Waals surface area contributed by atoms with E-state index < -0.39 is 10.0 Å². The summed E-state index contributed by atoms with van der Waals surface area (Å²) in [6.45, 7) is 2.22. The lowest BCUT2D eigenvalue weighted by atomic mass is 10.2. The quantitative estimate of drug-likeness (QED) is 0.788. The van der Waals surface area contributed by atoms with Crippen LogP contribution in [-0.2, 0) is 16.6 Å². The van der Waals surface area contributed by atoms with Crippen LogP contribution < -0.4 is 0 Å². The van der Waals surface area contributed by atoms with Gasteiger partial charge in [-0.15, -0.1) is 0 Å². The molecule has 1 saturated carbocycles. The zero-order valence-corrected chi connectivity index (χ0v) is 10.3. The number of hydrogen-bond donors (Lipinski definition) is 0. The van der Waals surface area contributed by atoms with Crippen LogP contribution in [0.15, 0.2) is 30.3 Å². The van der Waals surface area contributed by atoms with Crippen molar-refractivity contribution in [2.75, 3.05) is 5.75 Å². The van der Waals surface area contributed by atoms with Crippen LogP contribution in [0.3, 0.4) is 0 Å². The Bertz CT molecular complexity index is 437. The van der Waals surface area contributed by atoms with E-state index in [2.05, 4.69) is 0 Å². The first-order chi connectivity index (χ1) is 7.63. The molecular formula is C12H17NO2S. The van der Waals surface area contributed by atoms with Gasteiger partial charge in [0.05, 0.1) is 5.75 Å². The lowest BCUT2D eigenvalue weighted by molar-refractivity contribution is 0.399. The number of nitrogens with zero attached hydrogens (tertiary/aromatic N) is 1. The minimum Gasteiger partial charge on any atom is -0.212 e. The maximum atomic E-state index is 11.9. The van der Waals surface area contributed by atoms with Crippen molar-refractivity contribution in [3.05, 3.63) is 35.9 Å². The van der Waals surface area contributed by atoms with Gasteiger partial charge in [0.25, 0.3) is 0 Å². The van der Waals surface area contributed by atoms with Crippen molar-refractivity contribution >= 4 is 10.0 Å². The van der Waals surface area contributed by atoms with Crippen LogP contribution in [0.4, 0.5) is 0 Å². The molecule has 0 amide bonds. The lowest BCUT2D eigenvalue weighted by Crippen LogP contribution is -2.33. The smallest absolute Gasteiger partial charge is 0.212 e. The Labute approximate surface area is 97.1 Å². The summed E-state index contributed by atoms with van der Waals surface area (Å²) in [5, 5.41) is 0. The van der Waals surface area contributed by atoms with E-state index in [1.54, 1.807) is 11.2 Å². The van der Waals surface area contributed by atoms with Gasteiger partial charge in [-0.05, 0) is 25.3 Å². The molecule has 0 atom stereocenters. The SMILES string of the molecule is CCS(=O)(=O)N(Cc1ccccc1)C1CC1. The van der Waals surface area contributed by atoms with Gasteiger partial charge in [0.2, 0.25) is 10.0 Å². The molecular weight excluding hydrogens is 222 g/mol. The van der Waals surface area contributed by atoms with Crippen LogP contribution in [0.1, 0.15) is 25.3 Å². The Morgan fingerprint density at radius 3 is 2.38 bits per heavy atom. The highest BCUT2D eigenvalue weighted by Gasteiger charge is 2.35. The molecule has 2 rings (SSSR count). The number of rotatable bonds is 5. The molecule has 0 spiro atoms. The highest BCUT2D eigenvalue weighted by molar-refractivity contribution is 7.89. The second-order valence-electron chi connectivity index (χ2n) is 4.16. The van der Waals surface area contributed by atoms with E-state index in [-0.39, 0.29) is 11.8 Å². The molecule has 1 aromatic carbocycles. The van der Waals surface area contributed by atoms with Gasteiger partial charge < -0.3 is 0 Å². The molecule has 3 nitrogen and oxygen atoms in total. The summed E-state index contributed by atoms with van der Waals surface area (Å²) in [5.41, 5.74) is 1.06. The fraction of sp³-hybridized carbons (Fsp3) is 0.500. The second kappa shape index (κ2) is 4.55. The van der Waals surface area contributed by atoms with Crippen molar-refractivity contribution in [3.63, 3.8) is 0 Å². The number of sulfonamides is 1. The fourth-order valence-electron chi connectivity index (χ4n) is 1.75. The summed E-state index contributed by atoms with van der Waals surface area (Å²) in [4.78, 5) is 0. The predicted octanol–water partition coefficient (Wildman–Crippen LogP) is 2.00. The van der Waals surface area contributed by atoms with Crippen molar-refractivity contribution in [2.45, 2.75) is 32.4 Å². The molecule has 0 bridgehead atoms. The lowest BCUT2D eigenvalue weighted by Gasteiger charge is -2.21. The Hall–Kier alpha value is -0.870. The van der Waals surface area contributed by atoms with E-state index in [0.717, 1.165) is 18.4 Å². The summed E-state index contributed by atoms with van der Waals surface area (Å²) >= 11 is 0. The molecule has 4 heteroatoms. The first kappa shape index (κ1) is 11.6. The average Bonchev–Trinajstić information content (AvgIpc) is 3.11. The van der Waals surface area contributed by atoms with Gasteiger partial charge in [0, 0.05) is 12.6 Å². The summed E-state index contributed by atoms with van der Waals surface area (Å²) in [5.74, 6) is 0.191. The van der Waals surface area contributed by atoms with Crippen molar-refractivity contribution in [1.29, 1.82) is 0 Å². The molecule has 0 heterocycles. The second-order valence-corrected chi connectivity index (χ2v) is 6.37. The zero-order chi connectivity index (χ0) is 11.6. The third-order valence-corrected chi connectivity index (χ3v) is 4.73. The molecule has 1 fully saturated rings. The van der Waals surface area contributed by atoms with Crippen LogP contribution >= 0.6 is 0 Å². The van der Waals surface area contributed by atoms with Crippen LogP contribution in [0, 0.1) is 0 Å². The Kier molecular flexibility index (Phi) is 3.30. The highest BCUT2D eigenvalue weighted by atomic mass is 32.2. The normalized spacial score (nSPS) is 16.6. The maximum Gasteiger partial charge on any atom is 0.214 e. The number of benzene rings is 1. The van der Waals surface area contributed by atoms with Gasteiger partial charge in [-0.3, -0.25) is 0 Å². The van der Waals surface area contributed by atoms with E-state index in [1.165, 1.54) is 0 Å². The molecule has 0 radical (unpaired) electrons. The van der Waals surface area contributed by atoms with Crippen LogP contribution in [0.5, 0.6) is 0 Å². The zero-order valence-electron chi connectivity index (χ0n) is 9.46. The Morgan fingerprint density at radius 1 is 1.25 bits per heavy atom. The van der Waals surface area contributed by atoms with E-state index in [0.29, 0.717) is 6.54 Å². The Balaban J connectivity index is 2.16. The van der Waals surface area contributed by atoms with Crippen molar-refractivity contribution in [3.8, 4) is 0 Å². The van der Waals surface area contributed by atoms with Crippen molar-refractivity contribution in [2.24, 2.45) is 0 Å². The fourth-order valence-corrected chi connectivity index (χ4v) is 3.09. The van der Waals surface area contributed by atoms with Gasteiger partial charge >= 0.3 is 0 Å². The first-order valence-corrected chi connectivity index (χ1v) is 7.28. The van der Waals surface area contributed by atoms with E-state index in [4.69, 9.17) is 0 Å². The summed E-state index contributed by atoms with van der Waals surface area (Å²) in [6.07, 6.45) is 2.01. The Morgan fingerprint density at radius 2 is 1.88 bits per heavy atom. The topological polar surface area (TPSA) is 37.4 Å². The highest BCUT2D eigenvalue weighted by Crippen LogP contribution is 2.30. The van der Waals surface area contributed by atoms with E-state index in [9.17, 15) is 8.42 Å². The van der Waals surface area contributed by atoms with E-state index >= 15 is 0 Å². The van der Waals surface area contributed by atoms with Crippen LogP contribution in [0.25, 0.3) is 0 Å². The molecule has 0 aromatic heterocycles. The van der Waals surface area contributed by atoms with Crippen LogP contribution in [0.2, 0.25) is 0 Å². The maximum absolute atomic E-state index is 11.9. The third kappa shape index (κ3) is 2.62. The number of hydrogen-bond acceptors (Lipinski definition) is 2. The largest absolute Gasteiger partial charge is 0.214 e. The monoisotopic (exact) mass is 239 g/mol. The minimum atomic E-state index is -3.06. The predicted molar refractivity (Wildman–Crippen MR) is 64.5 cm³/mol. The third-order valence-electron chi connectivity index (χ3n) is 2.86. The van der Waals surface area contributed by atoms with Gasteiger partial charge in [0.1, 0.15) is 0 Å². The molecule has 1 aliphatic rings. The van der Waals surface area contributed by atoms with Gasteiger partial charge in [-0.1, -0.05) is 30.3 Å². The van der Waals surface area contributed by atoms with Gasteiger partial charge in [-0.25, -0.2) is 8.42 Å². The molecule has 88 valence electrons. The molecule has 0 N–H and O–H groups in total. The van der Waals surface area contributed by atoms with E-state index in [1.807, 2.05) is 30.3 Å². The molecule has 1 aromatic rings. The van der Waals surface area contributed by atoms with Crippen molar-refractivity contribution < 1.29 is 8.42 Å². The van der Waals surface area contributed by atoms with Crippen LogP contribution in [-0.4, -0.2) is 24.5 Å². The van der Waals surface area contributed by atoms with Crippen molar-refractivity contribution in [1.82, 2.24) is 4.31 Å². The summed E-state index contributed by atoms with van der Waals surface area (Å²) in [7, 11) is -3.06. The first-order valence-electron chi connectivity index (χ1n) is 5.67. The van der Waals surface area contributed by atoms with Gasteiger partial charge in [-0.2, -0.15) is 4.31 Å². The van der Waals surface area contributed by atoms with Gasteiger partial charge in [0.15, 0.2) is 0 Å². The molecule has 0 saturated heterocycles. The summed E-state index contributed by atoms with van der Waals surface area (Å²) < 4.78 is 25.5. The average molecular weight is 239 g/mol. The molecule has 1 aliphatic carbocycles. The standard InChI is InChI=1S/C12H17NO2S/c1-2-16(14,15)13(12-8-9-12)10-11-6-4-3-5-7-11/h3-7,12H,2,8-10H2,1H3. The summed E-state index contributed by atoms with van der Waals surface area (Å²) in [6, 6.07) is 10.0. The molecule has 16 heavy (non-hydrogen) atoms.